The molecule has 2 aliphatic rings. The van der Waals surface area contributed by atoms with E-state index in [1.165, 1.54) is 24.6 Å². The molecular weight excluding hydrogens is 376 g/mol. The molecule has 0 saturated carbocycles. The van der Waals surface area contributed by atoms with Crippen molar-refractivity contribution < 1.29 is 13.2 Å². The summed E-state index contributed by atoms with van der Waals surface area (Å²) in [6.07, 6.45) is 2.96. The Morgan fingerprint density at radius 1 is 1.32 bits per heavy atom. The summed E-state index contributed by atoms with van der Waals surface area (Å²) in [5, 5.41) is 0. The lowest BCUT2D eigenvalue weighted by molar-refractivity contribution is 0.102. The Morgan fingerprint density at radius 3 is 2.60 bits per heavy atom. The van der Waals surface area contributed by atoms with Crippen LogP contribution >= 0.6 is 24.0 Å². The fraction of sp³-hybridized carbons (Fsp3) is 0.647. The predicted octanol–water partition coefficient (Wildman–Crippen LogP) is 2.76. The van der Waals surface area contributed by atoms with Gasteiger partial charge in [-0.25, -0.2) is 8.42 Å². The molecule has 0 N–H and O–H groups in total. The highest BCUT2D eigenvalue weighted by atomic mass is 32.2. The zero-order valence-corrected chi connectivity index (χ0v) is 17.1. The summed E-state index contributed by atoms with van der Waals surface area (Å²) in [7, 11) is -2.95. The molecule has 2 fully saturated rings. The van der Waals surface area contributed by atoms with Gasteiger partial charge in [-0.3, -0.25) is 4.79 Å². The van der Waals surface area contributed by atoms with Crippen molar-refractivity contribution in [2.45, 2.75) is 39.2 Å². The number of thioether (sulfide) groups is 1. The second-order valence-electron chi connectivity index (χ2n) is 6.88. The third-order valence-electron chi connectivity index (χ3n) is 5.05. The first-order valence-electron chi connectivity index (χ1n) is 8.62. The molecule has 25 heavy (non-hydrogen) atoms. The second-order valence-corrected chi connectivity index (χ2v) is 10.7. The maximum atomic E-state index is 12.7. The van der Waals surface area contributed by atoms with Gasteiger partial charge in [-0.2, -0.15) is 0 Å². The minimum absolute atomic E-state index is 0.0510. The SMILES string of the molecule is Cc1cc(C(=O)CSC(=S)N2CCCC2)c(C)n1[C@@H]1CCS(=O)(=O)C1. The normalized spacial score (nSPS) is 22.5. The van der Waals surface area contributed by atoms with E-state index in [4.69, 9.17) is 12.2 Å². The summed E-state index contributed by atoms with van der Waals surface area (Å²) in [5.41, 5.74) is 2.52. The number of aromatic nitrogens is 1. The van der Waals surface area contributed by atoms with Crippen molar-refractivity contribution in [1.29, 1.82) is 0 Å². The first-order chi connectivity index (χ1) is 11.8. The summed E-state index contributed by atoms with van der Waals surface area (Å²) in [6.45, 7) is 5.83. The molecule has 1 aromatic rings. The zero-order chi connectivity index (χ0) is 18.2. The lowest BCUT2D eigenvalue weighted by Crippen LogP contribution is -2.24. The fourth-order valence-electron chi connectivity index (χ4n) is 3.80. The Morgan fingerprint density at radius 2 is 2.00 bits per heavy atom. The van der Waals surface area contributed by atoms with Crippen LogP contribution in [0, 0.1) is 13.8 Å². The molecule has 0 aliphatic carbocycles. The summed E-state index contributed by atoms with van der Waals surface area (Å²) < 4.78 is 26.4. The minimum atomic E-state index is -2.95. The van der Waals surface area contributed by atoms with Gasteiger partial charge in [0.15, 0.2) is 15.6 Å². The van der Waals surface area contributed by atoms with Gasteiger partial charge in [-0.1, -0.05) is 24.0 Å². The van der Waals surface area contributed by atoms with E-state index in [0.717, 1.165) is 28.8 Å². The quantitative estimate of drug-likeness (QED) is 0.572. The molecule has 3 heterocycles. The van der Waals surface area contributed by atoms with Crippen LogP contribution in [-0.4, -0.2) is 58.3 Å². The number of Topliss-reactive ketones (excluding diaryl/α,β-unsaturated/α-hetero) is 1. The molecule has 0 unspecified atom stereocenters. The van der Waals surface area contributed by atoms with E-state index in [-0.39, 0.29) is 23.3 Å². The van der Waals surface area contributed by atoms with E-state index >= 15 is 0 Å². The number of ketones is 1. The summed E-state index contributed by atoms with van der Waals surface area (Å²) in [6, 6.07) is 1.84. The molecule has 1 atom stereocenters. The molecule has 0 bridgehead atoms. The number of sulfone groups is 1. The monoisotopic (exact) mass is 400 g/mol. The molecule has 138 valence electrons. The number of likely N-dealkylation sites (tertiary alicyclic amines) is 1. The van der Waals surface area contributed by atoms with E-state index in [0.29, 0.717) is 17.7 Å². The first-order valence-corrected chi connectivity index (χ1v) is 11.8. The van der Waals surface area contributed by atoms with Gasteiger partial charge in [0.05, 0.1) is 17.3 Å². The van der Waals surface area contributed by atoms with Crippen molar-refractivity contribution in [3.8, 4) is 0 Å². The summed E-state index contributed by atoms with van der Waals surface area (Å²) in [5.74, 6) is 0.803. The van der Waals surface area contributed by atoms with Crippen molar-refractivity contribution >= 4 is 43.9 Å². The van der Waals surface area contributed by atoms with Crippen LogP contribution in [0.1, 0.15) is 47.1 Å². The molecule has 0 amide bonds. The molecule has 0 aromatic carbocycles. The molecule has 0 radical (unpaired) electrons. The van der Waals surface area contributed by atoms with E-state index in [1.54, 1.807) is 0 Å². The van der Waals surface area contributed by atoms with Crippen LogP contribution in [0.5, 0.6) is 0 Å². The van der Waals surface area contributed by atoms with Crippen LogP contribution in [0.4, 0.5) is 0 Å². The van der Waals surface area contributed by atoms with Crippen molar-refractivity contribution in [2.75, 3.05) is 30.3 Å². The van der Waals surface area contributed by atoms with Crippen LogP contribution in [0.15, 0.2) is 6.07 Å². The van der Waals surface area contributed by atoms with Gasteiger partial charge in [-0.15, -0.1) is 0 Å². The van der Waals surface area contributed by atoms with Gasteiger partial charge >= 0.3 is 0 Å². The molecule has 3 rings (SSSR count). The summed E-state index contributed by atoms with van der Waals surface area (Å²) in [4.78, 5) is 14.8. The fourth-order valence-corrected chi connectivity index (χ4v) is 6.63. The Balaban J connectivity index is 1.69. The van der Waals surface area contributed by atoms with Gasteiger partial charge < -0.3 is 9.47 Å². The van der Waals surface area contributed by atoms with Crippen molar-refractivity contribution in [3.05, 3.63) is 23.0 Å². The maximum absolute atomic E-state index is 12.7. The van der Waals surface area contributed by atoms with E-state index in [1.807, 2.05) is 24.5 Å². The van der Waals surface area contributed by atoms with Crippen LogP contribution in [0.3, 0.4) is 0 Å². The molecule has 0 spiro atoms. The van der Waals surface area contributed by atoms with Gasteiger partial charge in [-0.05, 0) is 39.2 Å². The van der Waals surface area contributed by atoms with Gasteiger partial charge in [0.25, 0.3) is 0 Å². The van der Waals surface area contributed by atoms with Crippen molar-refractivity contribution in [1.82, 2.24) is 9.47 Å². The highest BCUT2D eigenvalue weighted by Crippen LogP contribution is 2.29. The van der Waals surface area contributed by atoms with Gasteiger partial charge in [0.2, 0.25) is 0 Å². The number of hydrogen-bond acceptors (Lipinski definition) is 5. The van der Waals surface area contributed by atoms with Crippen LogP contribution in [0.2, 0.25) is 0 Å². The Kier molecular flexibility index (Phi) is 5.60. The Hall–Kier alpha value is -0.860. The lowest BCUT2D eigenvalue weighted by Gasteiger charge is -2.17. The third kappa shape index (κ3) is 4.11. The largest absolute Gasteiger partial charge is 0.358 e. The predicted molar refractivity (Wildman–Crippen MR) is 106 cm³/mol. The molecule has 2 saturated heterocycles. The second kappa shape index (κ2) is 7.40. The molecule has 5 nitrogen and oxygen atoms in total. The topological polar surface area (TPSA) is 59.4 Å². The average molecular weight is 401 g/mol. The zero-order valence-electron chi connectivity index (χ0n) is 14.7. The Labute approximate surface area is 159 Å². The Bertz CT molecular complexity index is 792. The summed E-state index contributed by atoms with van der Waals surface area (Å²) >= 11 is 6.86. The number of thiocarbonyl (C=S) groups is 1. The van der Waals surface area contributed by atoms with Crippen LogP contribution < -0.4 is 0 Å². The minimum Gasteiger partial charge on any atom is -0.358 e. The highest BCUT2D eigenvalue weighted by Gasteiger charge is 2.31. The number of rotatable bonds is 4. The molecule has 1 aromatic heterocycles. The van der Waals surface area contributed by atoms with E-state index < -0.39 is 9.84 Å². The third-order valence-corrected chi connectivity index (χ3v) is 8.32. The van der Waals surface area contributed by atoms with Crippen molar-refractivity contribution in [3.63, 3.8) is 0 Å². The number of nitrogens with zero attached hydrogens (tertiary/aromatic N) is 2. The van der Waals surface area contributed by atoms with Crippen LogP contribution in [-0.2, 0) is 9.84 Å². The highest BCUT2D eigenvalue weighted by molar-refractivity contribution is 8.23. The molecular formula is C17H24N2O3S3. The first kappa shape index (κ1) is 18.9. The molecule has 2 aliphatic heterocycles. The smallest absolute Gasteiger partial charge is 0.174 e. The van der Waals surface area contributed by atoms with Crippen molar-refractivity contribution in [2.24, 2.45) is 0 Å². The van der Waals surface area contributed by atoms with Crippen LogP contribution in [0.25, 0.3) is 0 Å². The van der Waals surface area contributed by atoms with Gasteiger partial charge in [0, 0.05) is 36.1 Å². The maximum Gasteiger partial charge on any atom is 0.174 e. The lowest BCUT2D eigenvalue weighted by atomic mass is 10.2. The average Bonchev–Trinajstić information content (AvgIpc) is 3.25. The van der Waals surface area contributed by atoms with E-state index in [9.17, 15) is 13.2 Å². The number of hydrogen-bond donors (Lipinski definition) is 0. The number of carbonyl (C=O) groups is 1. The van der Waals surface area contributed by atoms with E-state index in [2.05, 4.69) is 4.90 Å². The van der Waals surface area contributed by atoms with Gasteiger partial charge in [0.1, 0.15) is 4.32 Å². The number of carbonyl (C=O) groups excluding carboxylic acids is 1. The standard InChI is InChI=1S/C17H24N2O3S3/c1-12-9-15(13(2)19(12)14-5-8-25(21,22)11-14)16(20)10-24-17(23)18-6-3-4-7-18/h9,14H,3-8,10-11H2,1-2H3/t14-/m1/s1. The number of aryl methyl sites for hydroxylation is 1. The molecule has 8 heteroatoms.